The Hall–Kier alpha value is -3.63. The molecule has 0 aliphatic heterocycles. The molecule has 1 rings (SSSR count). The zero-order valence-corrected chi connectivity index (χ0v) is 24.6. The standard InChI is InChI=1S/C28H44N4O7/c1-10-28(7,8)32(25(36)20(13-14-21(29)33)31-26(37)39-27(4,5)6)23(24(35)30-16-22(34)38-9)19-15-17(2)11-12-18(19)3/h11-12,15,20,23H,10,13-14,16H2,1-9H3,(H2,29,33)(H,30,35)(H,31,37). The summed E-state index contributed by atoms with van der Waals surface area (Å²) >= 11 is 0. The van der Waals surface area contributed by atoms with E-state index in [0.717, 1.165) is 11.1 Å². The van der Waals surface area contributed by atoms with Crippen LogP contribution >= 0.6 is 0 Å². The van der Waals surface area contributed by atoms with Crippen molar-refractivity contribution in [2.75, 3.05) is 13.7 Å². The molecule has 0 spiro atoms. The van der Waals surface area contributed by atoms with Gasteiger partial charge in [-0.15, -0.1) is 0 Å². The largest absolute Gasteiger partial charge is 0.468 e. The first-order valence-corrected chi connectivity index (χ1v) is 13.0. The Morgan fingerprint density at radius 3 is 2.18 bits per heavy atom. The number of hydrogen-bond acceptors (Lipinski definition) is 7. The maximum Gasteiger partial charge on any atom is 0.408 e. The SMILES string of the molecule is CCC(C)(C)N(C(=O)C(CCC(N)=O)NC(=O)OC(C)(C)C)C(C(=O)NCC(=O)OC)c1cc(C)ccc1C. The van der Waals surface area contributed by atoms with Gasteiger partial charge in [0.2, 0.25) is 17.7 Å². The summed E-state index contributed by atoms with van der Waals surface area (Å²) in [4.78, 5) is 65.6. The molecule has 11 heteroatoms. The molecule has 11 nitrogen and oxygen atoms in total. The Morgan fingerprint density at radius 1 is 1.05 bits per heavy atom. The molecule has 39 heavy (non-hydrogen) atoms. The van der Waals surface area contributed by atoms with E-state index < -0.39 is 59.6 Å². The molecule has 4 amide bonds. The fraction of sp³-hybridized carbons (Fsp3) is 0.607. The van der Waals surface area contributed by atoms with Crippen LogP contribution in [0.5, 0.6) is 0 Å². The van der Waals surface area contributed by atoms with Crippen LogP contribution in [0.3, 0.4) is 0 Å². The third kappa shape index (κ3) is 10.2. The van der Waals surface area contributed by atoms with Crippen LogP contribution < -0.4 is 16.4 Å². The third-order valence-electron chi connectivity index (χ3n) is 6.29. The topological polar surface area (TPSA) is 157 Å². The molecule has 0 saturated heterocycles. The summed E-state index contributed by atoms with van der Waals surface area (Å²) in [6, 6.07) is 3.14. The van der Waals surface area contributed by atoms with Crippen molar-refractivity contribution in [3.63, 3.8) is 0 Å². The minimum atomic E-state index is -1.22. The van der Waals surface area contributed by atoms with E-state index in [1.165, 1.54) is 12.0 Å². The summed E-state index contributed by atoms with van der Waals surface area (Å²) in [6.45, 7) is 13.8. The molecular formula is C28H44N4O7. The molecule has 0 fully saturated rings. The van der Waals surface area contributed by atoms with Gasteiger partial charge in [0, 0.05) is 12.0 Å². The molecule has 4 N–H and O–H groups in total. The molecule has 0 aliphatic rings. The lowest BCUT2D eigenvalue weighted by molar-refractivity contribution is -0.150. The van der Waals surface area contributed by atoms with E-state index in [9.17, 15) is 24.0 Å². The second kappa shape index (κ2) is 14.0. The zero-order valence-electron chi connectivity index (χ0n) is 24.6. The first-order chi connectivity index (χ1) is 17.9. The zero-order chi connectivity index (χ0) is 30.1. The van der Waals surface area contributed by atoms with E-state index in [0.29, 0.717) is 12.0 Å². The van der Waals surface area contributed by atoms with Crippen molar-refractivity contribution in [3.05, 3.63) is 34.9 Å². The van der Waals surface area contributed by atoms with Crippen LogP contribution in [-0.2, 0) is 28.7 Å². The van der Waals surface area contributed by atoms with Crippen LogP contribution in [0.4, 0.5) is 4.79 Å². The lowest BCUT2D eigenvalue weighted by Crippen LogP contribution is -2.59. The van der Waals surface area contributed by atoms with Crippen molar-refractivity contribution in [2.24, 2.45) is 5.73 Å². The van der Waals surface area contributed by atoms with Gasteiger partial charge in [-0.1, -0.05) is 30.7 Å². The molecule has 0 aliphatic carbocycles. The summed E-state index contributed by atoms with van der Waals surface area (Å²) in [5.74, 6) is -2.51. The highest BCUT2D eigenvalue weighted by atomic mass is 16.6. The maximum absolute atomic E-state index is 14.3. The van der Waals surface area contributed by atoms with Crippen LogP contribution in [0.1, 0.15) is 83.5 Å². The summed E-state index contributed by atoms with van der Waals surface area (Å²) in [5.41, 5.74) is 5.79. The predicted molar refractivity (Wildman–Crippen MR) is 146 cm³/mol. The molecule has 1 aromatic rings. The highest BCUT2D eigenvalue weighted by Crippen LogP contribution is 2.34. The van der Waals surface area contributed by atoms with E-state index in [1.807, 2.05) is 39.0 Å². The number of benzene rings is 1. The summed E-state index contributed by atoms with van der Waals surface area (Å²) in [7, 11) is 1.21. The number of ether oxygens (including phenoxy) is 2. The van der Waals surface area contributed by atoms with Gasteiger partial charge in [-0.3, -0.25) is 19.2 Å². The number of carbonyl (C=O) groups is 5. The number of esters is 1. The van der Waals surface area contributed by atoms with Crippen LogP contribution in [0, 0.1) is 13.8 Å². The number of methoxy groups -OCH3 is 1. The van der Waals surface area contributed by atoms with E-state index in [4.69, 9.17) is 10.5 Å². The van der Waals surface area contributed by atoms with E-state index in [2.05, 4.69) is 15.4 Å². The molecule has 0 saturated carbocycles. The Bertz CT molecular complexity index is 1060. The maximum atomic E-state index is 14.3. The van der Waals surface area contributed by atoms with Crippen LogP contribution in [-0.4, -0.2) is 65.5 Å². The van der Waals surface area contributed by atoms with Gasteiger partial charge in [-0.05, 0) is 72.4 Å². The molecule has 2 unspecified atom stereocenters. The normalized spacial score (nSPS) is 13.1. The number of rotatable bonds is 12. The number of carbonyl (C=O) groups excluding carboxylic acids is 5. The summed E-state index contributed by atoms with van der Waals surface area (Å²) < 4.78 is 10.0. The lowest BCUT2D eigenvalue weighted by Gasteiger charge is -2.45. The second-order valence-corrected chi connectivity index (χ2v) is 11.1. The number of nitrogens with zero attached hydrogens (tertiary/aromatic N) is 1. The molecule has 218 valence electrons. The molecular weight excluding hydrogens is 504 g/mol. The van der Waals surface area contributed by atoms with Gasteiger partial charge in [-0.25, -0.2) is 4.79 Å². The first-order valence-electron chi connectivity index (χ1n) is 13.0. The van der Waals surface area contributed by atoms with Crippen LogP contribution in [0.25, 0.3) is 0 Å². The minimum Gasteiger partial charge on any atom is -0.468 e. The van der Waals surface area contributed by atoms with Crippen LogP contribution in [0.15, 0.2) is 18.2 Å². The molecule has 0 heterocycles. The minimum absolute atomic E-state index is 0.104. The predicted octanol–water partition coefficient (Wildman–Crippen LogP) is 2.81. The summed E-state index contributed by atoms with van der Waals surface area (Å²) in [6.07, 6.45) is -0.695. The van der Waals surface area contributed by atoms with Crippen LogP contribution in [0.2, 0.25) is 0 Å². The fourth-order valence-electron chi connectivity index (χ4n) is 3.89. The fourth-order valence-corrected chi connectivity index (χ4v) is 3.89. The summed E-state index contributed by atoms with van der Waals surface area (Å²) in [5, 5.41) is 5.15. The van der Waals surface area contributed by atoms with Crippen molar-refractivity contribution in [2.45, 2.75) is 97.9 Å². The van der Waals surface area contributed by atoms with Gasteiger partial charge in [0.25, 0.3) is 0 Å². The Labute approximate surface area is 231 Å². The van der Waals surface area contributed by atoms with Crippen molar-refractivity contribution in [1.29, 1.82) is 0 Å². The molecule has 1 aromatic carbocycles. The Morgan fingerprint density at radius 2 is 1.67 bits per heavy atom. The Kier molecular flexibility index (Phi) is 12.0. The van der Waals surface area contributed by atoms with Crippen molar-refractivity contribution in [1.82, 2.24) is 15.5 Å². The molecule has 0 radical (unpaired) electrons. The van der Waals surface area contributed by atoms with Gasteiger partial charge >= 0.3 is 12.1 Å². The number of alkyl carbamates (subject to hydrolysis) is 1. The highest BCUT2D eigenvalue weighted by molar-refractivity contribution is 5.94. The van der Waals surface area contributed by atoms with Gasteiger partial charge < -0.3 is 30.7 Å². The molecule has 0 bridgehead atoms. The van der Waals surface area contributed by atoms with Crippen molar-refractivity contribution >= 4 is 29.8 Å². The quantitative estimate of drug-likeness (QED) is 0.339. The highest BCUT2D eigenvalue weighted by Gasteiger charge is 2.43. The number of hydrogen-bond donors (Lipinski definition) is 3. The molecule has 0 aromatic heterocycles. The lowest BCUT2D eigenvalue weighted by atomic mass is 9.89. The van der Waals surface area contributed by atoms with Gasteiger partial charge in [-0.2, -0.15) is 0 Å². The second-order valence-electron chi connectivity index (χ2n) is 11.1. The Balaban J connectivity index is 3.73. The number of nitrogens with one attached hydrogen (secondary N) is 2. The van der Waals surface area contributed by atoms with E-state index >= 15 is 0 Å². The smallest absolute Gasteiger partial charge is 0.408 e. The first kappa shape index (κ1) is 33.4. The van der Waals surface area contributed by atoms with Gasteiger partial charge in [0.05, 0.1) is 7.11 Å². The molecule has 2 atom stereocenters. The number of amides is 4. The average molecular weight is 549 g/mol. The monoisotopic (exact) mass is 548 g/mol. The average Bonchev–Trinajstić information content (AvgIpc) is 2.83. The third-order valence-corrected chi connectivity index (χ3v) is 6.29. The van der Waals surface area contributed by atoms with Crippen molar-refractivity contribution < 1.29 is 33.4 Å². The number of primary amides is 1. The van der Waals surface area contributed by atoms with Crippen molar-refractivity contribution in [3.8, 4) is 0 Å². The van der Waals surface area contributed by atoms with E-state index in [1.54, 1.807) is 34.6 Å². The van der Waals surface area contributed by atoms with E-state index in [-0.39, 0.29) is 12.8 Å². The number of aryl methyl sites for hydroxylation is 2. The number of nitrogens with two attached hydrogens (primary N) is 1. The van der Waals surface area contributed by atoms with Gasteiger partial charge in [0.15, 0.2) is 0 Å². The van der Waals surface area contributed by atoms with Gasteiger partial charge in [0.1, 0.15) is 24.2 Å².